The van der Waals surface area contributed by atoms with Crippen LogP contribution < -0.4 is 0 Å². The number of methoxy groups -OCH3 is 1. The van der Waals surface area contributed by atoms with E-state index in [0.717, 1.165) is 13.0 Å². The molecule has 0 radical (unpaired) electrons. The second-order valence-electron chi connectivity index (χ2n) is 2.10. The first-order valence-electron chi connectivity index (χ1n) is 3.31. The van der Waals surface area contributed by atoms with Crippen LogP contribution in [0.25, 0.3) is 0 Å². The van der Waals surface area contributed by atoms with E-state index in [-0.39, 0.29) is 0 Å². The van der Waals surface area contributed by atoms with Crippen LogP contribution >= 0.6 is 0 Å². The zero-order valence-electron chi connectivity index (χ0n) is 6.08. The van der Waals surface area contributed by atoms with E-state index in [1.807, 2.05) is 18.3 Å². The number of hydrogen-bond acceptors (Lipinski definition) is 2. The highest BCUT2D eigenvalue weighted by atomic mass is 16.5. The lowest BCUT2D eigenvalue weighted by atomic mass is 10.2. The van der Waals surface area contributed by atoms with Crippen molar-refractivity contribution >= 4 is 0 Å². The third-order valence-electron chi connectivity index (χ3n) is 1.32. The van der Waals surface area contributed by atoms with Gasteiger partial charge in [0.2, 0.25) is 0 Å². The van der Waals surface area contributed by atoms with Crippen LogP contribution in [0.2, 0.25) is 0 Å². The normalized spacial score (nSPS) is 9.70. The molecule has 0 saturated heterocycles. The minimum Gasteiger partial charge on any atom is -0.384 e. The van der Waals surface area contributed by atoms with Gasteiger partial charge in [0.25, 0.3) is 0 Å². The average Bonchev–Trinajstić information content (AvgIpc) is 2.03. The highest BCUT2D eigenvalue weighted by Gasteiger charge is 1.88. The Morgan fingerprint density at radius 3 is 3.10 bits per heavy atom. The predicted octanol–water partition coefficient (Wildman–Crippen LogP) is 1.27. The quantitative estimate of drug-likeness (QED) is 0.626. The Kier molecular flexibility index (Phi) is 2.90. The third-order valence-corrected chi connectivity index (χ3v) is 1.32. The first kappa shape index (κ1) is 7.22. The SMILES string of the molecule is COCCc1cccnc1. The van der Waals surface area contributed by atoms with Crippen molar-refractivity contribution in [3.63, 3.8) is 0 Å². The van der Waals surface area contributed by atoms with Gasteiger partial charge in [-0.05, 0) is 18.1 Å². The molecule has 0 unspecified atom stereocenters. The maximum Gasteiger partial charge on any atom is 0.0503 e. The monoisotopic (exact) mass is 137 g/mol. The van der Waals surface area contributed by atoms with Gasteiger partial charge in [-0.15, -0.1) is 0 Å². The summed E-state index contributed by atoms with van der Waals surface area (Å²) in [5.74, 6) is 0. The van der Waals surface area contributed by atoms with Crippen molar-refractivity contribution in [1.82, 2.24) is 4.98 Å². The van der Waals surface area contributed by atoms with Crippen molar-refractivity contribution in [2.24, 2.45) is 0 Å². The molecule has 0 saturated carbocycles. The smallest absolute Gasteiger partial charge is 0.0503 e. The topological polar surface area (TPSA) is 22.1 Å². The summed E-state index contributed by atoms with van der Waals surface area (Å²) in [5, 5.41) is 0. The molecule has 0 aromatic carbocycles. The zero-order valence-corrected chi connectivity index (χ0v) is 6.08. The minimum absolute atomic E-state index is 0.770. The molecular weight excluding hydrogens is 126 g/mol. The molecule has 1 aromatic rings. The van der Waals surface area contributed by atoms with Crippen LogP contribution in [0.1, 0.15) is 5.56 Å². The molecule has 1 rings (SSSR count). The Morgan fingerprint density at radius 2 is 2.50 bits per heavy atom. The van der Waals surface area contributed by atoms with Crippen molar-refractivity contribution in [3.8, 4) is 0 Å². The Labute approximate surface area is 60.9 Å². The molecule has 0 amide bonds. The second-order valence-corrected chi connectivity index (χ2v) is 2.10. The molecule has 10 heavy (non-hydrogen) atoms. The molecule has 54 valence electrons. The van der Waals surface area contributed by atoms with Crippen LogP contribution in [0.15, 0.2) is 24.5 Å². The second kappa shape index (κ2) is 4.01. The van der Waals surface area contributed by atoms with Crippen molar-refractivity contribution in [1.29, 1.82) is 0 Å². The lowest BCUT2D eigenvalue weighted by Gasteiger charge is -1.96. The van der Waals surface area contributed by atoms with Gasteiger partial charge in [-0.25, -0.2) is 0 Å². The lowest BCUT2D eigenvalue weighted by molar-refractivity contribution is 0.202. The molecule has 0 N–H and O–H groups in total. The van der Waals surface area contributed by atoms with Crippen LogP contribution in [0.3, 0.4) is 0 Å². The first-order chi connectivity index (χ1) is 4.93. The van der Waals surface area contributed by atoms with Crippen molar-refractivity contribution in [2.45, 2.75) is 6.42 Å². The molecule has 0 atom stereocenters. The van der Waals surface area contributed by atoms with E-state index in [1.165, 1.54) is 5.56 Å². The van der Waals surface area contributed by atoms with E-state index >= 15 is 0 Å². The fourth-order valence-corrected chi connectivity index (χ4v) is 0.766. The predicted molar refractivity (Wildman–Crippen MR) is 39.8 cm³/mol. The van der Waals surface area contributed by atoms with Crippen LogP contribution in [-0.2, 0) is 11.2 Å². The fourth-order valence-electron chi connectivity index (χ4n) is 0.766. The maximum atomic E-state index is 4.92. The Morgan fingerprint density at radius 1 is 1.60 bits per heavy atom. The largest absolute Gasteiger partial charge is 0.384 e. The molecule has 1 heterocycles. The molecular formula is C8H11NO. The van der Waals surface area contributed by atoms with Gasteiger partial charge in [-0.1, -0.05) is 6.07 Å². The van der Waals surface area contributed by atoms with Gasteiger partial charge in [0.1, 0.15) is 0 Å². The van der Waals surface area contributed by atoms with E-state index in [4.69, 9.17) is 4.74 Å². The van der Waals surface area contributed by atoms with Gasteiger partial charge in [-0.3, -0.25) is 4.98 Å². The van der Waals surface area contributed by atoms with Crippen LogP contribution in [0, 0.1) is 0 Å². The number of pyridine rings is 1. The van der Waals surface area contributed by atoms with Crippen LogP contribution in [0.5, 0.6) is 0 Å². The van der Waals surface area contributed by atoms with Gasteiger partial charge < -0.3 is 4.74 Å². The van der Waals surface area contributed by atoms with Gasteiger partial charge in [0.05, 0.1) is 6.61 Å². The zero-order chi connectivity index (χ0) is 7.23. The molecule has 0 aliphatic rings. The standard InChI is InChI=1S/C8H11NO/c1-10-6-4-8-3-2-5-9-7-8/h2-3,5,7H,4,6H2,1H3. The Bertz CT molecular complexity index is 174. The third kappa shape index (κ3) is 2.15. The maximum absolute atomic E-state index is 4.92. The molecule has 0 aliphatic carbocycles. The lowest BCUT2D eigenvalue weighted by Crippen LogP contribution is -1.93. The fraction of sp³-hybridized carbons (Fsp3) is 0.375. The summed E-state index contributed by atoms with van der Waals surface area (Å²) in [4.78, 5) is 3.98. The Balaban J connectivity index is 2.43. The molecule has 1 aromatic heterocycles. The van der Waals surface area contributed by atoms with E-state index in [1.54, 1.807) is 13.3 Å². The molecule has 2 nitrogen and oxygen atoms in total. The van der Waals surface area contributed by atoms with E-state index in [9.17, 15) is 0 Å². The highest BCUT2D eigenvalue weighted by molar-refractivity contribution is 5.08. The van der Waals surface area contributed by atoms with Gasteiger partial charge in [0.15, 0.2) is 0 Å². The van der Waals surface area contributed by atoms with Crippen molar-refractivity contribution < 1.29 is 4.74 Å². The summed E-state index contributed by atoms with van der Waals surface area (Å²) in [6.45, 7) is 0.770. The Hall–Kier alpha value is -0.890. The summed E-state index contributed by atoms with van der Waals surface area (Å²) in [7, 11) is 1.70. The summed E-state index contributed by atoms with van der Waals surface area (Å²) in [5.41, 5.74) is 1.23. The van der Waals surface area contributed by atoms with Crippen molar-refractivity contribution in [2.75, 3.05) is 13.7 Å². The summed E-state index contributed by atoms with van der Waals surface area (Å²) in [6, 6.07) is 3.98. The van der Waals surface area contributed by atoms with E-state index < -0.39 is 0 Å². The molecule has 0 spiro atoms. The number of ether oxygens (including phenoxy) is 1. The summed E-state index contributed by atoms with van der Waals surface area (Å²) >= 11 is 0. The minimum atomic E-state index is 0.770. The number of hydrogen-bond donors (Lipinski definition) is 0. The number of aromatic nitrogens is 1. The van der Waals surface area contributed by atoms with Gasteiger partial charge in [-0.2, -0.15) is 0 Å². The van der Waals surface area contributed by atoms with Gasteiger partial charge >= 0.3 is 0 Å². The van der Waals surface area contributed by atoms with E-state index in [2.05, 4.69) is 4.98 Å². The summed E-state index contributed by atoms with van der Waals surface area (Å²) < 4.78 is 4.92. The highest BCUT2D eigenvalue weighted by Crippen LogP contribution is 1.95. The van der Waals surface area contributed by atoms with Crippen LogP contribution in [-0.4, -0.2) is 18.7 Å². The molecule has 2 heteroatoms. The summed E-state index contributed by atoms with van der Waals surface area (Å²) in [6.07, 6.45) is 4.58. The van der Waals surface area contributed by atoms with Gasteiger partial charge in [0, 0.05) is 19.5 Å². The van der Waals surface area contributed by atoms with Crippen molar-refractivity contribution in [3.05, 3.63) is 30.1 Å². The van der Waals surface area contributed by atoms with Crippen LogP contribution in [0.4, 0.5) is 0 Å². The van der Waals surface area contributed by atoms with E-state index in [0.29, 0.717) is 0 Å². The average molecular weight is 137 g/mol. The molecule has 0 bridgehead atoms. The first-order valence-corrected chi connectivity index (χ1v) is 3.31. The molecule has 0 fully saturated rings. The molecule has 0 aliphatic heterocycles. The number of rotatable bonds is 3. The number of nitrogens with zero attached hydrogens (tertiary/aromatic N) is 1.